The molecule has 38 heavy (non-hydrogen) atoms. The van der Waals surface area contributed by atoms with Crippen molar-refractivity contribution in [3.63, 3.8) is 0 Å². The van der Waals surface area contributed by atoms with E-state index in [2.05, 4.69) is 0 Å². The summed E-state index contributed by atoms with van der Waals surface area (Å²) in [6.45, 7) is 9.31. The van der Waals surface area contributed by atoms with Crippen molar-refractivity contribution in [3.8, 4) is 0 Å². The molecule has 0 N–H and O–H groups in total. The number of rotatable bonds is 4. The van der Waals surface area contributed by atoms with Crippen LogP contribution in [0.1, 0.15) is 63.7 Å². The van der Waals surface area contributed by atoms with Gasteiger partial charge in [0, 0.05) is 50.0 Å². The van der Waals surface area contributed by atoms with Gasteiger partial charge in [0.2, 0.25) is 11.8 Å². The van der Waals surface area contributed by atoms with Gasteiger partial charge in [0.05, 0.1) is 19.1 Å². The van der Waals surface area contributed by atoms with E-state index < -0.39 is 28.9 Å². The Kier molecular flexibility index (Phi) is 8.11. The quantitative estimate of drug-likeness (QED) is 0.555. The van der Waals surface area contributed by atoms with Crippen molar-refractivity contribution in [3.05, 3.63) is 35.6 Å². The van der Waals surface area contributed by atoms with Gasteiger partial charge in [-0.25, -0.2) is 4.39 Å². The second-order valence-corrected chi connectivity index (χ2v) is 11.3. The molecule has 3 aliphatic heterocycles. The molecule has 0 bridgehead atoms. The zero-order valence-corrected chi connectivity index (χ0v) is 22.7. The van der Waals surface area contributed by atoms with Gasteiger partial charge in [0.25, 0.3) is 5.91 Å². The van der Waals surface area contributed by atoms with E-state index >= 15 is 0 Å². The number of nitrogens with zero attached hydrogens (tertiary/aromatic N) is 3. The molecule has 208 valence electrons. The minimum atomic E-state index is -1.04. The Morgan fingerprint density at radius 2 is 1.61 bits per heavy atom. The highest BCUT2D eigenvalue weighted by Gasteiger charge is 2.55. The van der Waals surface area contributed by atoms with Crippen molar-refractivity contribution in [2.75, 3.05) is 39.4 Å². The van der Waals surface area contributed by atoms with E-state index in [0.29, 0.717) is 58.5 Å². The van der Waals surface area contributed by atoms with Gasteiger partial charge in [-0.3, -0.25) is 24.1 Å². The van der Waals surface area contributed by atoms with Crippen molar-refractivity contribution in [1.29, 1.82) is 0 Å². The maximum Gasteiger partial charge on any atom is 0.309 e. The molecule has 0 aliphatic carbocycles. The number of esters is 1. The van der Waals surface area contributed by atoms with Crippen LogP contribution < -0.4 is 0 Å². The normalized spacial score (nSPS) is 22.0. The Morgan fingerprint density at radius 3 is 2.16 bits per heavy atom. The minimum Gasteiger partial charge on any atom is -0.466 e. The molecule has 1 atom stereocenters. The number of hydrogen-bond acceptors (Lipinski definition) is 6. The summed E-state index contributed by atoms with van der Waals surface area (Å²) >= 11 is 0. The van der Waals surface area contributed by atoms with E-state index in [1.807, 2.05) is 20.8 Å². The van der Waals surface area contributed by atoms with E-state index in [9.17, 15) is 23.6 Å². The number of likely N-dealkylation sites (tertiary alicyclic amines) is 2. The van der Waals surface area contributed by atoms with Crippen LogP contribution in [0.25, 0.3) is 0 Å². The lowest BCUT2D eigenvalue weighted by Crippen LogP contribution is -2.61. The highest BCUT2D eigenvalue weighted by atomic mass is 19.1. The molecular formula is C28H38FN3O6. The van der Waals surface area contributed by atoms with Crippen molar-refractivity contribution in [2.45, 2.75) is 65.1 Å². The predicted molar refractivity (Wildman–Crippen MR) is 136 cm³/mol. The Balaban J connectivity index is 1.54. The summed E-state index contributed by atoms with van der Waals surface area (Å²) in [7, 11) is 0. The van der Waals surface area contributed by atoms with Gasteiger partial charge in [0.15, 0.2) is 0 Å². The molecule has 0 unspecified atom stereocenters. The Hall–Kier alpha value is -3.01. The highest BCUT2D eigenvalue weighted by molar-refractivity contribution is 5.98. The van der Waals surface area contributed by atoms with Gasteiger partial charge in [-0.15, -0.1) is 0 Å². The summed E-state index contributed by atoms with van der Waals surface area (Å²) in [6, 6.07) is 4.41. The van der Waals surface area contributed by atoms with E-state index in [1.165, 1.54) is 29.2 Å². The van der Waals surface area contributed by atoms with Gasteiger partial charge in [-0.05, 0) is 44.0 Å². The van der Waals surface area contributed by atoms with Crippen LogP contribution in [0, 0.1) is 17.2 Å². The SMILES string of the molecule is CCOC(=O)C1CCN(C(=O)[C@@H]2COC3(CCN(C(=O)C(C)(C)C)CC3)N2C(=O)c2ccc(F)cc2)CC1. The number of hydrogen-bond donors (Lipinski definition) is 0. The third-order valence-corrected chi connectivity index (χ3v) is 7.76. The molecule has 3 heterocycles. The lowest BCUT2D eigenvalue weighted by Gasteiger charge is -2.46. The number of halogens is 1. The number of ether oxygens (including phenoxy) is 2. The van der Waals surface area contributed by atoms with Gasteiger partial charge in [-0.2, -0.15) is 0 Å². The summed E-state index contributed by atoms with van der Waals surface area (Å²) in [5, 5.41) is 0. The second-order valence-electron chi connectivity index (χ2n) is 11.3. The standard InChI is InChI=1S/C28H38FN3O6/c1-5-37-25(35)20-10-14-30(15-11-20)24(34)22-18-38-28(12-16-31(17-13-28)26(36)27(2,3)4)32(22)23(33)19-6-8-21(29)9-7-19/h6-9,20,22H,5,10-18H2,1-4H3/t22-/m0/s1. The molecule has 3 amide bonds. The number of carbonyl (C=O) groups is 4. The summed E-state index contributed by atoms with van der Waals surface area (Å²) in [5.41, 5.74) is -1.30. The van der Waals surface area contributed by atoms with Gasteiger partial charge >= 0.3 is 5.97 Å². The van der Waals surface area contributed by atoms with Crippen LogP contribution in [0.15, 0.2) is 24.3 Å². The van der Waals surface area contributed by atoms with Crippen LogP contribution in [-0.4, -0.2) is 89.6 Å². The molecule has 1 aromatic rings. The zero-order valence-electron chi connectivity index (χ0n) is 22.7. The molecule has 1 spiro atoms. The van der Waals surface area contributed by atoms with Gasteiger partial charge in [0.1, 0.15) is 17.6 Å². The first kappa shape index (κ1) is 28.0. The van der Waals surface area contributed by atoms with E-state index in [1.54, 1.807) is 16.7 Å². The molecule has 9 nitrogen and oxygen atoms in total. The topological polar surface area (TPSA) is 96.5 Å². The summed E-state index contributed by atoms with van der Waals surface area (Å²) in [6.07, 6.45) is 1.74. The van der Waals surface area contributed by atoms with Crippen LogP contribution in [-0.2, 0) is 23.9 Å². The molecule has 0 radical (unpaired) electrons. The lowest BCUT2D eigenvalue weighted by molar-refractivity contribution is -0.152. The van der Waals surface area contributed by atoms with E-state index in [0.717, 1.165) is 0 Å². The van der Waals surface area contributed by atoms with Crippen LogP contribution in [0.4, 0.5) is 4.39 Å². The monoisotopic (exact) mass is 531 g/mol. The largest absolute Gasteiger partial charge is 0.466 e. The van der Waals surface area contributed by atoms with E-state index in [-0.39, 0.29) is 35.9 Å². The number of carbonyl (C=O) groups excluding carboxylic acids is 4. The maximum atomic E-state index is 13.8. The third-order valence-electron chi connectivity index (χ3n) is 7.76. The molecule has 10 heteroatoms. The molecule has 4 rings (SSSR count). The van der Waals surface area contributed by atoms with Gasteiger partial charge < -0.3 is 19.3 Å². The Bertz CT molecular complexity index is 1050. The fraction of sp³-hybridized carbons (Fsp3) is 0.643. The van der Waals surface area contributed by atoms with Crippen LogP contribution in [0.5, 0.6) is 0 Å². The van der Waals surface area contributed by atoms with Crippen molar-refractivity contribution in [2.24, 2.45) is 11.3 Å². The van der Waals surface area contributed by atoms with E-state index in [4.69, 9.17) is 9.47 Å². The van der Waals surface area contributed by atoms with Crippen molar-refractivity contribution >= 4 is 23.7 Å². The van der Waals surface area contributed by atoms with Gasteiger partial charge in [-0.1, -0.05) is 20.8 Å². The molecule has 3 aliphatic rings. The first-order valence-corrected chi connectivity index (χ1v) is 13.4. The molecule has 3 saturated heterocycles. The minimum absolute atomic E-state index is 0.0267. The lowest BCUT2D eigenvalue weighted by atomic mass is 9.91. The van der Waals surface area contributed by atoms with Crippen molar-refractivity contribution in [1.82, 2.24) is 14.7 Å². The smallest absolute Gasteiger partial charge is 0.309 e. The molecule has 0 saturated carbocycles. The van der Waals surface area contributed by atoms with Crippen molar-refractivity contribution < 1.29 is 33.0 Å². The fourth-order valence-electron chi connectivity index (χ4n) is 5.63. The zero-order chi connectivity index (χ0) is 27.7. The summed E-state index contributed by atoms with van der Waals surface area (Å²) in [5.74, 6) is -1.55. The maximum absolute atomic E-state index is 13.8. The third kappa shape index (κ3) is 5.55. The number of benzene rings is 1. The average molecular weight is 532 g/mol. The molecule has 1 aromatic carbocycles. The Labute approximate surface area is 223 Å². The summed E-state index contributed by atoms with van der Waals surface area (Å²) in [4.78, 5) is 57.6. The van der Waals surface area contributed by atoms with Crippen LogP contribution in [0.2, 0.25) is 0 Å². The highest BCUT2D eigenvalue weighted by Crippen LogP contribution is 2.40. The van der Waals surface area contributed by atoms with Crippen LogP contribution >= 0.6 is 0 Å². The fourth-order valence-corrected chi connectivity index (χ4v) is 5.63. The predicted octanol–water partition coefficient (Wildman–Crippen LogP) is 2.83. The Morgan fingerprint density at radius 1 is 1.00 bits per heavy atom. The second kappa shape index (κ2) is 11.0. The summed E-state index contributed by atoms with van der Waals surface area (Å²) < 4.78 is 25.0. The van der Waals surface area contributed by atoms with Crippen LogP contribution in [0.3, 0.4) is 0 Å². The first-order valence-electron chi connectivity index (χ1n) is 13.4. The number of amides is 3. The molecular weight excluding hydrogens is 493 g/mol. The average Bonchev–Trinajstić information content (AvgIpc) is 3.26. The molecule has 0 aromatic heterocycles. The first-order chi connectivity index (χ1) is 18.0. The molecule has 3 fully saturated rings. The number of piperidine rings is 2.